The van der Waals surface area contributed by atoms with Crippen molar-refractivity contribution < 1.29 is 14.6 Å². The molecule has 10 heteroatoms. The number of pyridine rings is 1. The Morgan fingerprint density at radius 2 is 1.86 bits per heavy atom. The zero-order valence-electron chi connectivity index (χ0n) is 24.3. The number of nitrogens with one attached hydrogen (secondary N) is 1. The van der Waals surface area contributed by atoms with Crippen LogP contribution in [0.25, 0.3) is 43.7 Å². The van der Waals surface area contributed by atoms with Crippen LogP contribution < -0.4 is 9.64 Å². The van der Waals surface area contributed by atoms with E-state index >= 15 is 0 Å². The fourth-order valence-corrected chi connectivity index (χ4v) is 7.19. The number of hydrogen-bond donors (Lipinski definition) is 2. The summed E-state index contributed by atoms with van der Waals surface area (Å²) in [6, 6.07) is 10.1. The summed E-state index contributed by atoms with van der Waals surface area (Å²) in [4.78, 5) is 24.4. The van der Waals surface area contributed by atoms with Gasteiger partial charge in [0.1, 0.15) is 5.75 Å². The van der Waals surface area contributed by atoms with Gasteiger partial charge >= 0.3 is 0 Å². The Bertz CT molecular complexity index is 2030. The minimum absolute atomic E-state index is 0.00722. The summed E-state index contributed by atoms with van der Waals surface area (Å²) >= 11 is 0. The number of rotatable bonds is 5. The lowest BCUT2D eigenvalue weighted by Gasteiger charge is -2.36. The van der Waals surface area contributed by atoms with Crippen molar-refractivity contribution in [2.75, 3.05) is 37.7 Å². The van der Waals surface area contributed by atoms with Crippen molar-refractivity contribution in [2.24, 2.45) is 7.05 Å². The zero-order chi connectivity index (χ0) is 29.2. The number of amides is 1. The standard InChI is InChI=1S/C33H33N7O3/c1-3-40-27-7-4-21(43-19-28(41)39-14-12-38(13-15-39)20-8-10-34-11-9-20)16-23(27)30-24-17-35-33(42)31(24)29-22(32(30)40)5-6-26-25(29)18-37(2)36-26/h4,7-11,16-18,35,42H,3,5-6,12-15,19H2,1-2H3. The van der Waals surface area contributed by atoms with Gasteiger partial charge in [0, 0.05) is 103 Å². The number of nitrogens with zero attached hydrogens (tertiary/aromatic N) is 6. The first-order valence-electron chi connectivity index (χ1n) is 14.9. The summed E-state index contributed by atoms with van der Waals surface area (Å²) in [6.45, 7) is 5.84. The molecular formula is C33H33N7O3. The van der Waals surface area contributed by atoms with Crippen LogP contribution in [0.5, 0.6) is 11.6 Å². The van der Waals surface area contributed by atoms with Gasteiger partial charge in [0.05, 0.1) is 16.6 Å². The zero-order valence-corrected chi connectivity index (χ0v) is 24.3. The van der Waals surface area contributed by atoms with Crippen molar-refractivity contribution in [2.45, 2.75) is 26.3 Å². The molecule has 2 aliphatic rings. The number of carbonyl (C=O) groups excluding carboxylic acids is 1. The van der Waals surface area contributed by atoms with Gasteiger partial charge in [0.2, 0.25) is 0 Å². The fraction of sp³-hybridized carbons (Fsp3) is 0.303. The van der Waals surface area contributed by atoms with Crippen LogP contribution in [0.2, 0.25) is 0 Å². The number of benzene rings is 2. The summed E-state index contributed by atoms with van der Waals surface area (Å²) in [5, 5.41) is 19.7. The minimum Gasteiger partial charge on any atom is -0.494 e. The van der Waals surface area contributed by atoms with Gasteiger partial charge in [-0.2, -0.15) is 5.10 Å². The van der Waals surface area contributed by atoms with Gasteiger partial charge in [-0.15, -0.1) is 0 Å². The SMILES string of the molecule is CCn1c2ccc(OCC(=O)N3CCN(c4ccncc4)CC3)cc2c2c3c[nH]c(O)c3c3c(c21)CCc1nn(C)cc1-3. The first kappa shape index (κ1) is 25.7. The molecule has 2 aromatic carbocycles. The van der Waals surface area contributed by atoms with Crippen molar-refractivity contribution in [1.82, 2.24) is 29.2 Å². The van der Waals surface area contributed by atoms with Gasteiger partial charge in [-0.05, 0) is 55.7 Å². The molecule has 0 atom stereocenters. The Labute approximate surface area is 248 Å². The molecule has 43 heavy (non-hydrogen) atoms. The van der Waals surface area contributed by atoms with E-state index in [0.717, 1.165) is 82.0 Å². The predicted octanol–water partition coefficient (Wildman–Crippen LogP) is 4.62. The van der Waals surface area contributed by atoms with Crippen molar-refractivity contribution in [3.05, 3.63) is 66.4 Å². The van der Waals surface area contributed by atoms with Crippen LogP contribution >= 0.6 is 0 Å². The predicted molar refractivity (Wildman–Crippen MR) is 167 cm³/mol. The van der Waals surface area contributed by atoms with Crippen LogP contribution in [0.4, 0.5) is 5.69 Å². The van der Waals surface area contributed by atoms with Crippen molar-refractivity contribution in [1.29, 1.82) is 0 Å². The van der Waals surface area contributed by atoms with Gasteiger partial charge < -0.3 is 29.2 Å². The number of hydrogen-bond acceptors (Lipinski definition) is 6. The van der Waals surface area contributed by atoms with E-state index in [9.17, 15) is 9.90 Å². The number of aromatic nitrogens is 5. The van der Waals surface area contributed by atoms with E-state index in [0.29, 0.717) is 18.8 Å². The van der Waals surface area contributed by atoms with Crippen LogP contribution in [0, 0.1) is 0 Å². The highest BCUT2D eigenvalue weighted by Crippen LogP contribution is 2.49. The monoisotopic (exact) mass is 575 g/mol. The third kappa shape index (κ3) is 3.96. The maximum atomic E-state index is 13.1. The number of aromatic amines is 1. The molecule has 0 saturated carbocycles. The van der Waals surface area contributed by atoms with E-state index in [1.165, 1.54) is 11.1 Å². The Kier molecular flexibility index (Phi) is 5.85. The quantitative estimate of drug-likeness (QED) is 0.311. The number of ether oxygens (including phenoxy) is 1. The second kappa shape index (κ2) is 9.79. The molecule has 218 valence electrons. The summed E-state index contributed by atoms with van der Waals surface area (Å²) in [5.41, 5.74) is 7.88. The summed E-state index contributed by atoms with van der Waals surface area (Å²) in [5.74, 6) is 0.820. The molecule has 1 amide bonds. The molecule has 5 heterocycles. The molecule has 0 unspecified atom stereocenters. The fourth-order valence-electron chi connectivity index (χ4n) is 7.19. The first-order chi connectivity index (χ1) is 21.0. The second-order valence-corrected chi connectivity index (χ2v) is 11.5. The summed E-state index contributed by atoms with van der Waals surface area (Å²) in [6.07, 6.45) is 9.26. The Hall–Kier alpha value is -4.99. The van der Waals surface area contributed by atoms with Crippen LogP contribution in [0.15, 0.2) is 55.1 Å². The number of anilines is 1. The molecule has 1 aliphatic heterocycles. The number of H-pyrrole nitrogens is 1. The number of aromatic hydroxyl groups is 1. The highest BCUT2D eigenvalue weighted by Gasteiger charge is 2.30. The largest absolute Gasteiger partial charge is 0.494 e. The average Bonchev–Trinajstić information content (AvgIpc) is 3.72. The number of fused-ring (bicyclic) bond motifs is 10. The normalized spacial score (nSPS) is 14.9. The molecule has 1 aliphatic carbocycles. The van der Waals surface area contributed by atoms with Crippen LogP contribution in [-0.2, 0) is 31.2 Å². The van der Waals surface area contributed by atoms with Crippen molar-refractivity contribution in [3.8, 4) is 22.8 Å². The van der Waals surface area contributed by atoms with Gasteiger partial charge in [-0.25, -0.2) is 0 Å². The maximum absolute atomic E-state index is 13.1. The third-order valence-corrected chi connectivity index (χ3v) is 9.13. The smallest absolute Gasteiger partial charge is 0.260 e. The molecule has 2 N–H and O–H groups in total. The Balaban J connectivity index is 1.13. The van der Waals surface area contributed by atoms with Crippen LogP contribution in [0.1, 0.15) is 18.2 Å². The van der Waals surface area contributed by atoms with Crippen molar-refractivity contribution >= 4 is 44.2 Å². The molecule has 8 rings (SSSR count). The highest BCUT2D eigenvalue weighted by atomic mass is 16.5. The molecule has 0 bridgehead atoms. The molecule has 10 nitrogen and oxygen atoms in total. The number of piperazine rings is 1. The average molecular weight is 576 g/mol. The summed E-state index contributed by atoms with van der Waals surface area (Å²) < 4.78 is 10.3. The number of aryl methyl sites for hydroxylation is 4. The third-order valence-electron chi connectivity index (χ3n) is 9.13. The first-order valence-corrected chi connectivity index (χ1v) is 14.9. The van der Waals surface area contributed by atoms with E-state index in [1.54, 1.807) is 12.4 Å². The van der Waals surface area contributed by atoms with E-state index < -0.39 is 0 Å². The Morgan fingerprint density at radius 1 is 1.05 bits per heavy atom. The van der Waals surface area contributed by atoms with E-state index in [2.05, 4.69) is 38.6 Å². The van der Waals surface area contributed by atoms with Crippen LogP contribution in [-0.4, -0.2) is 73.0 Å². The topological polar surface area (TPSA) is 104 Å². The van der Waals surface area contributed by atoms with Crippen molar-refractivity contribution in [3.63, 3.8) is 0 Å². The lowest BCUT2D eigenvalue weighted by molar-refractivity contribution is -0.133. The Morgan fingerprint density at radius 3 is 2.65 bits per heavy atom. The highest BCUT2D eigenvalue weighted by molar-refractivity contribution is 6.26. The van der Waals surface area contributed by atoms with Gasteiger partial charge in [0.15, 0.2) is 12.5 Å². The molecule has 4 aromatic heterocycles. The van der Waals surface area contributed by atoms with E-state index in [1.807, 2.05) is 47.1 Å². The minimum atomic E-state index is -0.00949. The lowest BCUT2D eigenvalue weighted by Crippen LogP contribution is -2.50. The second-order valence-electron chi connectivity index (χ2n) is 11.5. The van der Waals surface area contributed by atoms with Gasteiger partial charge in [-0.1, -0.05) is 0 Å². The lowest BCUT2D eigenvalue weighted by atomic mass is 9.85. The van der Waals surface area contributed by atoms with Gasteiger partial charge in [-0.3, -0.25) is 14.5 Å². The molecule has 0 spiro atoms. The molecular weight excluding hydrogens is 542 g/mol. The summed E-state index contributed by atoms with van der Waals surface area (Å²) in [7, 11) is 1.95. The maximum Gasteiger partial charge on any atom is 0.260 e. The van der Waals surface area contributed by atoms with E-state index in [4.69, 9.17) is 9.84 Å². The van der Waals surface area contributed by atoms with Gasteiger partial charge in [0.25, 0.3) is 5.91 Å². The molecule has 0 radical (unpaired) electrons. The molecule has 1 fully saturated rings. The number of carbonyl (C=O) groups is 1. The van der Waals surface area contributed by atoms with E-state index in [-0.39, 0.29) is 18.4 Å². The van der Waals surface area contributed by atoms with Crippen LogP contribution in [0.3, 0.4) is 0 Å². The molecule has 1 saturated heterocycles. The molecule has 6 aromatic rings.